The number of ether oxygens (including phenoxy) is 2. The van der Waals surface area contributed by atoms with Gasteiger partial charge >= 0.3 is 0 Å². The molecule has 3 aromatic rings. The van der Waals surface area contributed by atoms with Crippen molar-refractivity contribution in [1.29, 1.82) is 0 Å². The van der Waals surface area contributed by atoms with Crippen molar-refractivity contribution in [2.75, 3.05) is 26.1 Å². The van der Waals surface area contributed by atoms with E-state index in [4.69, 9.17) is 9.47 Å². The number of nitrogens with one attached hydrogen (secondary N) is 2. The maximum atomic E-state index is 12.2. The molecule has 0 aliphatic carbocycles. The highest BCUT2D eigenvalue weighted by atomic mass is 16.5. The summed E-state index contributed by atoms with van der Waals surface area (Å²) in [7, 11) is 3.08. The minimum atomic E-state index is -0.325. The van der Waals surface area contributed by atoms with E-state index in [9.17, 15) is 9.59 Å². The summed E-state index contributed by atoms with van der Waals surface area (Å²) >= 11 is 0. The number of aromatic nitrogens is 3. The molecule has 3 rings (SSSR count). The molecule has 0 atom stereocenters. The van der Waals surface area contributed by atoms with Crippen LogP contribution in [0.1, 0.15) is 5.56 Å². The molecule has 9 heteroatoms. The second kappa shape index (κ2) is 9.36. The monoisotopic (exact) mass is 395 g/mol. The van der Waals surface area contributed by atoms with Crippen LogP contribution < -0.4 is 20.1 Å². The molecule has 2 N–H and O–H groups in total. The van der Waals surface area contributed by atoms with Crippen LogP contribution in [-0.4, -0.2) is 47.3 Å². The third-order valence-electron chi connectivity index (χ3n) is 4.13. The molecule has 0 aliphatic rings. The van der Waals surface area contributed by atoms with Crippen LogP contribution in [0.2, 0.25) is 0 Å². The fourth-order valence-electron chi connectivity index (χ4n) is 2.66. The summed E-state index contributed by atoms with van der Waals surface area (Å²) in [5, 5.41) is 9.37. The van der Waals surface area contributed by atoms with Gasteiger partial charge in [-0.2, -0.15) is 5.10 Å². The Kier molecular flexibility index (Phi) is 6.41. The molecule has 0 radical (unpaired) electrons. The summed E-state index contributed by atoms with van der Waals surface area (Å²) in [6.07, 6.45) is 3.12. The normalized spacial score (nSPS) is 10.3. The summed E-state index contributed by atoms with van der Waals surface area (Å²) < 4.78 is 12.0. The molecule has 1 aromatic heterocycles. The zero-order valence-corrected chi connectivity index (χ0v) is 16.1. The number of hydrogen-bond donors (Lipinski definition) is 2. The number of anilines is 1. The molecule has 0 saturated carbocycles. The molecule has 2 amide bonds. The predicted octanol–water partition coefficient (Wildman–Crippen LogP) is 1.58. The van der Waals surface area contributed by atoms with E-state index in [0.29, 0.717) is 22.7 Å². The van der Waals surface area contributed by atoms with Crippen LogP contribution in [0.5, 0.6) is 11.5 Å². The molecule has 0 fully saturated rings. The van der Waals surface area contributed by atoms with E-state index in [1.165, 1.54) is 13.4 Å². The van der Waals surface area contributed by atoms with Gasteiger partial charge < -0.3 is 20.1 Å². The second-order valence-corrected chi connectivity index (χ2v) is 6.07. The highest BCUT2D eigenvalue weighted by Gasteiger charge is 2.11. The Hall–Kier alpha value is -3.88. The van der Waals surface area contributed by atoms with Gasteiger partial charge in [-0.15, -0.1) is 0 Å². The third-order valence-corrected chi connectivity index (χ3v) is 4.13. The molecule has 0 spiro atoms. The summed E-state index contributed by atoms with van der Waals surface area (Å²) in [6, 6.07) is 12.3. The summed E-state index contributed by atoms with van der Waals surface area (Å²) in [4.78, 5) is 28.2. The molecule has 150 valence electrons. The maximum Gasteiger partial charge on any atom is 0.243 e. The van der Waals surface area contributed by atoms with E-state index in [1.54, 1.807) is 60.6 Å². The zero-order chi connectivity index (χ0) is 20.6. The first kappa shape index (κ1) is 19.9. The van der Waals surface area contributed by atoms with Gasteiger partial charge in [0.05, 0.1) is 32.9 Å². The fourth-order valence-corrected chi connectivity index (χ4v) is 2.66. The van der Waals surface area contributed by atoms with E-state index in [2.05, 4.69) is 20.7 Å². The molecule has 1 heterocycles. The van der Waals surface area contributed by atoms with Crippen LogP contribution >= 0.6 is 0 Å². The smallest absolute Gasteiger partial charge is 0.243 e. The molecular weight excluding hydrogens is 374 g/mol. The maximum absolute atomic E-state index is 12.2. The molecule has 0 bridgehead atoms. The fraction of sp³-hybridized carbons (Fsp3) is 0.200. The first-order valence-electron chi connectivity index (χ1n) is 8.81. The van der Waals surface area contributed by atoms with Gasteiger partial charge in [0, 0.05) is 17.3 Å². The Balaban J connectivity index is 1.49. The third kappa shape index (κ3) is 5.32. The van der Waals surface area contributed by atoms with Crippen LogP contribution in [-0.2, 0) is 16.0 Å². The molecular formula is C20H21N5O4. The molecule has 29 heavy (non-hydrogen) atoms. The lowest BCUT2D eigenvalue weighted by molar-refractivity contribution is -0.123. The molecule has 0 aliphatic heterocycles. The number of benzene rings is 2. The van der Waals surface area contributed by atoms with E-state index in [1.807, 2.05) is 0 Å². The van der Waals surface area contributed by atoms with Crippen molar-refractivity contribution < 1.29 is 19.1 Å². The summed E-state index contributed by atoms with van der Waals surface area (Å²) in [6.45, 7) is -0.137. The highest BCUT2D eigenvalue weighted by molar-refractivity contribution is 5.94. The van der Waals surface area contributed by atoms with Gasteiger partial charge in [-0.25, -0.2) is 9.67 Å². The first-order chi connectivity index (χ1) is 14.1. The lowest BCUT2D eigenvalue weighted by Crippen LogP contribution is -2.33. The molecule has 0 saturated heterocycles. The minimum Gasteiger partial charge on any atom is -0.497 e. The van der Waals surface area contributed by atoms with E-state index < -0.39 is 0 Å². The van der Waals surface area contributed by atoms with Crippen LogP contribution in [0.15, 0.2) is 55.1 Å². The lowest BCUT2D eigenvalue weighted by atomic mass is 10.1. The van der Waals surface area contributed by atoms with Crippen LogP contribution in [0.3, 0.4) is 0 Å². The van der Waals surface area contributed by atoms with Crippen molar-refractivity contribution in [1.82, 2.24) is 20.1 Å². The van der Waals surface area contributed by atoms with Crippen molar-refractivity contribution >= 4 is 17.5 Å². The second-order valence-electron chi connectivity index (χ2n) is 6.07. The van der Waals surface area contributed by atoms with Crippen molar-refractivity contribution in [3.8, 4) is 17.2 Å². The van der Waals surface area contributed by atoms with Crippen molar-refractivity contribution in [2.24, 2.45) is 0 Å². The van der Waals surface area contributed by atoms with Gasteiger partial charge in [0.2, 0.25) is 11.8 Å². The van der Waals surface area contributed by atoms with Gasteiger partial charge in [-0.1, -0.05) is 6.07 Å². The number of nitrogens with zero attached hydrogens (tertiary/aromatic N) is 3. The quantitative estimate of drug-likeness (QED) is 0.600. The lowest BCUT2D eigenvalue weighted by Gasteiger charge is -2.11. The van der Waals surface area contributed by atoms with Crippen molar-refractivity contribution in [3.05, 3.63) is 60.7 Å². The van der Waals surface area contributed by atoms with Crippen LogP contribution in [0.25, 0.3) is 5.69 Å². The topological polar surface area (TPSA) is 107 Å². The Morgan fingerprint density at radius 2 is 1.83 bits per heavy atom. The first-order valence-corrected chi connectivity index (χ1v) is 8.81. The van der Waals surface area contributed by atoms with Crippen LogP contribution in [0, 0.1) is 0 Å². The molecule has 0 unspecified atom stereocenters. The van der Waals surface area contributed by atoms with E-state index in [-0.39, 0.29) is 24.8 Å². The average molecular weight is 395 g/mol. The average Bonchev–Trinajstić information content (AvgIpc) is 3.28. The highest BCUT2D eigenvalue weighted by Crippen LogP contribution is 2.24. The largest absolute Gasteiger partial charge is 0.497 e. The van der Waals surface area contributed by atoms with E-state index in [0.717, 1.165) is 5.69 Å². The van der Waals surface area contributed by atoms with Gasteiger partial charge in [0.15, 0.2) is 0 Å². The van der Waals surface area contributed by atoms with Crippen molar-refractivity contribution in [3.63, 3.8) is 0 Å². The number of hydrogen-bond acceptors (Lipinski definition) is 6. The van der Waals surface area contributed by atoms with Gasteiger partial charge in [0.25, 0.3) is 0 Å². The van der Waals surface area contributed by atoms with Gasteiger partial charge in [0.1, 0.15) is 24.2 Å². The molecule has 9 nitrogen and oxygen atoms in total. The Morgan fingerprint density at radius 1 is 1.03 bits per heavy atom. The standard InChI is InChI=1S/C20H21N5O4/c1-28-17-8-3-14(18(10-17)29-2)9-19(26)22-11-20(27)24-15-4-6-16(7-5-15)25-13-21-12-23-25/h3-8,10,12-13H,9,11H2,1-2H3,(H,22,26)(H,24,27). The van der Waals surface area contributed by atoms with Gasteiger partial charge in [-0.05, 0) is 30.3 Å². The Bertz CT molecular complexity index is 971. The zero-order valence-electron chi connectivity index (χ0n) is 16.1. The Labute approximate surface area is 167 Å². The predicted molar refractivity (Wildman–Crippen MR) is 106 cm³/mol. The number of carbonyl (C=O) groups excluding carboxylic acids is 2. The summed E-state index contributed by atoms with van der Waals surface area (Å²) in [5.41, 5.74) is 2.14. The number of rotatable bonds is 8. The summed E-state index contributed by atoms with van der Waals surface area (Å²) in [5.74, 6) is 0.579. The van der Waals surface area contributed by atoms with E-state index >= 15 is 0 Å². The molecule has 2 aromatic carbocycles. The number of methoxy groups -OCH3 is 2. The SMILES string of the molecule is COc1ccc(CC(=O)NCC(=O)Nc2ccc(-n3cncn3)cc2)c(OC)c1. The number of carbonyl (C=O) groups is 2. The number of amides is 2. The van der Waals surface area contributed by atoms with Crippen LogP contribution in [0.4, 0.5) is 5.69 Å². The Morgan fingerprint density at radius 3 is 2.48 bits per heavy atom. The van der Waals surface area contributed by atoms with Gasteiger partial charge in [-0.3, -0.25) is 9.59 Å². The minimum absolute atomic E-state index is 0.0903. The van der Waals surface area contributed by atoms with Crippen molar-refractivity contribution in [2.45, 2.75) is 6.42 Å².